The van der Waals surface area contributed by atoms with Crippen molar-refractivity contribution in [1.82, 2.24) is 15.1 Å². The molecule has 1 aliphatic rings. The highest BCUT2D eigenvalue weighted by molar-refractivity contribution is 5.94. The first-order valence-corrected chi connectivity index (χ1v) is 8.23. The molecule has 138 valence electrons. The molecule has 9 nitrogen and oxygen atoms in total. The Bertz CT molecular complexity index is 753. The van der Waals surface area contributed by atoms with Crippen molar-refractivity contribution in [2.24, 2.45) is 0 Å². The van der Waals surface area contributed by atoms with Gasteiger partial charge < -0.3 is 25.4 Å². The summed E-state index contributed by atoms with van der Waals surface area (Å²) in [6.07, 6.45) is 2.57. The molecule has 2 aromatic rings. The lowest BCUT2D eigenvalue weighted by molar-refractivity contribution is -0.128. The normalized spacial score (nSPS) is 16.7. The van der Waals surface area contributed by atoms with Crippen LogP contribution in [0, 0.1) is 0 Å². The monoisotopic (exact) mass is 359 g/mol. The molecule has 2 heterocycles. The maximum atomic E-state index is 12.1. The van der Waals surface area contributed by atoms with Crippen LogP contribution in [-0.4, -0.2) is 54.5 Å². The fourth-order valence-electron chi connectivity index (χ4n) is 2.49. The van der Waals surface area contributed by atoms with Gasteiger partial charge in [-0.25, -0.2) is 0 Å². The lowest BCUT2D eigenvalue weighted by Crippen LogP contribution is -2.45. The third kappa shape index (κ3) is 4.80. The number of ether oxygens (including phenoxy) is 2. The summed E-state index contributed by atoms with van der Waals surface area (Å²) in [5, 5.41) is 12.7. The van der Waals surface area contributed by atoms with Gasteiger partial charge in [-0.15, -0.1) is 0 Å². The van der Waals surface area contributed by atoms with E-state index in [1.165, 1.54) is 10.9 Å². The second-order valence-electron chi connectivity index (χ2n) is 5.76. The standard InChI is InChI=1S/C17H21N5O4/c1-25-14-4-2-12(3-5-14)20-16(23)11-22-10-13(8-19-22)21-17(24)15-9-18-6-7-26-15/h2-5,8,10,15,18H,6-7,9,11H2,1H3,(H,20,23)(H,21,24). The number of rotatable bonds is 6. The van der Waals surface area contributed by atoms with Gasteiger partial charge in [0, 0.05) is 25.0 Å². The van der Waals surface area contributed by atoms with Gasteiger partial charge in [0.1, 0.15) is 18.4 Å². The Morgan fingerprint density at radius 1 is 1.31 bits per heavy atom. The molecule has 1 unspecified atom stereocenters. The molecule has 0 saturated carbocycles. The summed E-state index contributed by atoms with van der Waals surface area (Å²) in [5.74, 6) is 0.253. The van der Waals surface area contributed by atoms with Gasteiger partial charge in [0.25, 0.3) is 5.91 Å². The van der Waals surface area contributed by atoms with Crippen molar-refractivity contribution >= 4 is 23.2 Å². The number of benzene rings is 1. The molecule has 0 spiro atoms. The van der Waals surface area contributed by atoms with E-state index in [2.05, 4.69) is 21.0 Å². The Morgan fingerprint density at radius 3 is 2.81 bits per heavy atom. The first-order valence-electron chi connectivity index (χ1n) is 8.23. The number of hydrogen-bond acceptors (Lipinski definition) is 6. The molecular formula is C17H21N5O4. The Labute approximate surface area is 150 Å². The van der Waals surface area contributed by atoms with E-state index in [-0.39, 0.29) is 18.4 Å². The minimum atomic E-state index is -0.523. The van der Waals surface area contributed by atoms with Gasteiger partial charge in [0.05, 0.1) is 25.6 Å². The summed E-state index contributed by atoms with van der Waals surface area (Å²) >= 11 is 0. The van der Waals surface area contributed by atoms with Gasteiger partial charge in [-0.2, -0.15) is 5.10 Å². The fourth-order valence-corrected chi connectivity index (χ4v) is 2.49. The third-order valence-electron chi connectivity index (χ3n) is 3.80. The molecule has 3 rings (SSSR count). The molecule has 9 heteroatoms. The van der Waals surface area contributed by atoms with E-state index in [4.69, 9.17) is 9.47 Å². The SMILES string of the molecule is COc1ccc(NC(=O)Cn2cc(NC(=O)C3CNCCO3)cn2)cc1. The lowest BCUT2D eigenvalue weighted by Gasteiger charge is -2.22. The van der Waals surface area contributed by atoms with Crippen molar-refractivity contribution in [2.45, 2.75) is 12.6 Å². The summed E-state index contributed by atoms with van der Waals surface area (Å²) in [6, 6.07) is 7.03. The van der Waals surface area contributed by atoms with Crippen molar-refractivity contribution in [2.75, 3.05) is 37.4 Å². The highest BCUT2D eigenvalue weighted by atomic mass is 16.5. The molecule has 0 bridgehead atoms. The molecule has 1 aliphatic heterocycles. The van der Waals surface area contributed by atoms with Crippen LogP contribution in [0.1, 0.15) is 0 Å². The Morgan fingerprint density at radius 2 is 2.12 bits per heavy atom. The average Bonchev–Trinajstić information content (AvgIpc) is 3.09. The predicted octanol–water partition coefficient (Wildman–Crippen LogP) is 0.457. The molecule has 1 saturated heterocycles. The van der Waals surface area contributed by atoms with E-state index in [1.807, 2.05) is 0 Å². The summed E-state index contributed by atoms with van der Waals surface area (Å²) < 4.78 is 11.9. The molecule has 0 radical (unpaired) electrons. The number of methoxy groups -OCH3 is 1. The van der Waals surface area contributed by atoms with Crippen LogP contribution in [-0.2, 0) is 20.9 Å². The quantitative estimate of drug-likeness (QED) is 0.692. The lowest BCUT2D eigenvalue weighted by atomic mass is 10.3. The number of nitrogens with zero attached hydrogens (tertiary/aromatic N) is 2. The number of morpholine rings is 1. The van der Waals surface area contributed by atoms with Crippen LogP contribution in [0.5, 0.6) is 5.75 Å². The molecule has 1 aromatic heterocycles. The van der Waals surface area contributed by atoms with Crippen molar-refractivity contribution < 1.29 is 19.1 Å². The topological polar surface area (TPSA) is 107 Å². The van der Waals surface area contributed by atoms with E-state index >= 15 is 0 Å². The second-order valence-corrected chi connectivity index (χ2v) is 5.76. The van der Waals surface area contributed by atoms with Gasteiger partial charge in [0.2, 0.25) is 5.91 Å². The van der Waals surface area contributed by atoms with Crippen molar-refractivity contribution in [1.29, 1.82) is 0 Å². The number of aromatic nitrogens is 2. The Kier molecular flexibility index (Phi) is 5.82. The number of nitrogens with one attached hydrogen (secondary N) is 3. The van der Waals surface area contributed by atoms with E-state index in [9.17, 15) is 9.59 Å². The van der Waals surface area contributed by atoms with Crippen LogP contribution >= 0.6 is 0 Å². The van der Waals surface area contributed by atoms with E-state index in [1.54, 1.807) is 37.6 Å². The molecule has 1 aromatic carbocycles. The van der Waals surface area contributed by atoms with E-state index in [0.717, 1.165) is 6.54 Å². The first kappa shape index (κ1) is 17.9. The zero-order valence-corrected chi connectivity index (χ0v) is 14.4. The summed E-state index contributed by atoms with van der Waals surface area (Å²) in [6.45, 7) is 1.75. The zero-order chi connectivity index (χ0) is 18.4. The predicted molar refractivity (Wildman–Crippen MR) is 95.1 cm³/mol. The maximum absolute atomic E-state index is 12.1. The fraction of sp³-hybridized carbons (Fsp3) is 0.353. The number of hydrogen-bond donors (Lipinski definition) is 3. The molecule has 26 heavy (non-hydrogen) atoms. The van der Waals surface area contributed by atoms with Crippen molar-refractivity contribution in [3.8, 4) is 5.75 Å². The summed E-state index contributed by atoms with van der Waals surface area (Å²) in [7, 11) is 1.58. The zero-order valence-electron chi connectivity index (χ0n) is 14.4. The van der Waals surface area contributed by atoms with Crippen LogP contribution in [0.25, 0.3) is 0 Å². The average molecular weight is 359 g/mol. The molecule has 0 aliphatic carbocycles. The second kappa shape index (κ2) is 8.45. The van der Waals surface area contributed by atoms with Crippen LogP contribution in [0.2, 0.25) is 0 Å². The van der Waals surface area contributed by atoms with Crippen LogP contribution in [0.4, 0.5) is 11.4 Å². The van der Waals surface area contributed by atoms with E-state index in [0.29, 0.717) is 30.3 Å². The van der Waals surface area contributed by atoms with Gasteiger partial charge in [-0.3, -0.25) is 14.3 Å². The first-order chi connectivity index (χ1) is 12.6. The van der Waals surface area contributed by atoms with Gasteiger partial charge >= 0.3 is 0 Å². The number of carbonyl (C=O) groups is 2. The third-order valence-corrected chi connectivity index (χ3v) is 3.80. The Hall–Kier alpha value is -2.91. The summed E-state index contributed by atoms with van der Waals surface area (Å²) in [4.78, 5) is 24.2. The van der Waals surface area contributed by atoms with Crippen LogP contribution in [0.3, 0.4) is 0 Å². The van der Waals surface area contributed by atoms with Gasteiger partial charge in [-0.1, -0.05) is 0 Å². The Balaban J connectivity index is 1.50. The summed E-state index contributed by atoms with van der Waals surface area (Å²) in [5.41, 5.74) is 1.18. The highest BCUT2D eigenvalue weighted by Gasteiger charge is 2.22. The molecule has 1 fully saturated rings. The largest absolute Gasteiger partial charge is 0.497 e. The molecule has 1 atom stereocenters. The van der Waals surface area contributed by atoms with Gasteiger partial charge in [0.15, 0.2) is 0 Å². The highest BCUT2D eigenvalue weighted by Crippen LogP contribution is 2.15. The smallest absolute Gasteiger partial charge is 0.254 e. The van der Waals surface area contributed by atoms with Crippen LogP contribution < -0.4 is 20.7 Å². The number of anilines is 2. The van der Waals surface area contributed by atoms with Crippen molar-refractivity contribution in [3.63, 3.8) is 0 Å². The number of amides is 2. The maximum Gasteiger partial charge on any atom is 0.254 e. The molecule has 3 N–H and O–H groups in total. The van der Waals surface area contributed by atoms with Crippen LogP contribution in [0.15, 0.2) is 36.7 Å². The van der Waals surface area contributed by atoms with E-state index < -0.39 is 6.10 Å². The minimum absolute atomic E-state index is 0.0311. The minimum Gasteiger partial charge on any atom is -0.497 e. The van der Waals surface area contributed by atoms with Crippen molar-refractivity contribution in [3.05, 3.63) is 36.7 Å². The molecule has 2 amide bonds. The molecular weight excluding hydrogens is 338 g/mol. The number of carbonyl (C=O) groups excluding carboxylic acids is 2. The van der Waals surface area contributed by atoms with Gasteiger partial charge in [-0.05, 0) is 24.3 Å².